The Morgan fingerprint density at radius 1 is 1.00 bits per heavy atom. The van der Waals surface area contributed by atoms with E-state index in [-0.39, 0.29) is 4.90 Å². The molecular weight excluding hydrogens is 489 g/mol. The third-order valence-corrected chi connectivity index (χ3v) is 8.01. The van der Waals surface area contributed by atoms with Crippen molar-refractivity contribution >= 4 is 66.4 Å². The molecule has 0 saturated carbocycles. The summed E-state index contributed by atoms with van der Waals surface area (Å²) in [6, 6.07) is 15.7. The maximum atomic E-state index is 12.7. The van der Waals surface area contributed by atoms with Gasteiger partial charge in [0.2, 0.25) is 0 Å². The number of amides is 1. The quantitative estimate of drug-likeness (QED) is 0.403. The van der Waals surface area contributed by atoms with Crippen LogP contribution in [0, 0.1) is 6.92 Å². The summed E-state index contributed by atoms with van der Waals surface area (Å²) >= 11 is 13.4. The summed E-state index contributed by atoms with van der Waals surface area (Å²) in [7, 11) is -1.93. The molecule has 1 aromatic heterocycles. The molecule has 0 bridgehead atoms. The number of sulfonamides is 1. The van der Waals surface area contributed by atoms with Gasteiger partial charge in [0.1, 0.15) is 0 Å². The third-order valence-electron chi connectivity index (χ3n) is 4.86. The molecule has 10 heteroatoms. The van der Waals surface area contributed by atoms with E-state index in [1.807, 2.05) is 30.7 Å². The number of nitrogens with zero attached hydrogens (tertiary/aromatic N) is 2. The Bertz CT molecular complexity index is 1510. The summed E-state index contributed by atoms with van der Waals surface area (Å²) in [5.74, 6) is -0.428. The lowest BCUT2D eigenvalue weighted by Crippen LogP contribution is -2.14. The molecule has 3 aromatic carbocycles. The topological polar surface area (TPSA) is 80.5 Å². The second-order valence-corrected chi connectivity index (χ2v) is 10.6. The fourth-order valence-corrected chi connectivity index (χ4v) is 5.58. The Kier molecular flexibility index (Phi) is 6.13. The normalized spacial score (nSPS) is 12.3. The van der Waals surface area contributed by atoms with E-state index in [4.69, 9.17) is 23.2 Å². The van der Waals surface area contributed by atoms with Gasteiger partial charge in [-0.3, -0.25) is 9.52 Å². The van der Waals surface area contributed by atoms with Crippen LogP contribution in [-0.4, -0.2) is 18.9 Å². The standard InChI is InChI=1S/C22H17Cl2N3O3S2/c1-13-18(24)11-12-19-20(13)27(2)22(31-19)25-21(28)14-3-7-16(8-4-14)26-32(29,30)17-9-5-15(23)6-10-17/h3-12,26H,1-2H3. The SMILES string of the molecule is Cc1c(Cl)ccc2sc(=NC(=O)c3ccc(NS(=O)(=O)c4ccc(Cl)cc4)cc3)n(C)c12. The molecule has 4 aromatic rings. The van der Waals surface area contributed by atoms with Crippen LogP contribution in [0.1, 0.15) is 15.9 Å². The van der Waals surface area contributed by atoms with Gasteiger partial charge in [0.25, 0.3) is 15.9 Å². The number of fused-ring (bicyclic) bond motifs is 1. The lowest BCUT2D eigenvalue weighted by atomic mass is 10.2. The van der Waals surface area contributed by atoms with Gasteiger partial charge < -0.3 is 4.57 Å². The van der Waals surface area contributed by atoms with E-state index >= 15 is 0 Å². The number of benzene rings is 3. The monoisotopic (exact) mass is 505 g/mol. The van der Waals surface area contributed by atoms with Crippen molar-refractivity contribution in [3.8, 4) is 0 Å². The molecule has 0 aliphatic rings. The van der Waals surface area contributed by atoms with Crippen LogP contribution in [-0.2, 0) is 17.1 Å². The van der Waals surface area contributed by atoms with Crippen molar-refractivity contribution < 1.29 is 13.2 Å². The largest absolute Gasteiger partial charge is 0.319 e. The van der Waals surface area contributed by atoms with Gasteiger partial charge in [-0.25, -0.2) is 8.42 Å². The molecular formula is C22H17Cl2N3O3S2. The number of thiazole rings is 1. The number of halogens is 2. The lowest BCUT2D eigenvalue weighted by Gasteiger charge is -2.08. The number of carbonyl (C=O) groups is 1. The molecule has 0 fully saturated rings. The molecule has 4 rings (SSSR count). The zero-order valence-corrected chi connectivity index (χ0v) is 20.1. The van der Waals surface area contributed by atoms with Gasteiger partial charge in [-0.05, 0) is 73.2 Å². The second kappa shape index (κ2) is 8.71. The van der Waals surface area contributed by atoms with Crippen LogP contribution in [0.4, 0.5) is 5.69 Å². The smallest absolute Gasteiger partial charge is 0.279 e. The number of anilines is 1. The van der Waals surface area contributed by atoms with Crippen LogP contribution >= 0.6 is 34.5 Å². The van der Waals surface area contributed by atoms with Crippen molar-refractivity contribution in [3.05, 3.63) is 86.6 Å². The van der Waals surface area contributed by atoms with Crippen LogP contribution in [0.3, 0.4) is 0 Å². The number of rotatable bonds is 4. The molecule has 0 saturated heterocycles. The van der Waals surface area contributed by atoms with E-state index in [1.165, 1.54) is 59.9 Å². The maximum absolute atomic E-state index is 12.7. The molecule has 0 unspecified atom stereocenters. The van der Waals surface area contributed by atoms with Crippen LogP contribution < -0.4 is 9.52 Å². The van der Waals surface area contributed by atoms with E-state index < -0.39 is 15.9 Å². The average molecular weight is 506 g/mol. The summed E-state index contributed by atoms with van der Waals surface area (Å²) in [6.07, 6.45) is 0. The summed E-state index contributed by atoms with van der Waals surface area (Å²) in [5.41, 5.74) is 2.52. The van der Waals surface area contributed by atoms with Gasteiger partial charge in [0.15, 0.2) is 4.80 Å². The van der Waals surface area contributed by atoms with Gasteiger partial charge in [0.05, 0.1) is 15.1 Å². The molecule has 6 nitrogen and oxygen atoms in total. The van der Waals surface area contributed by atoms with E-state index in [0.29, 0.717) is 26.1 Å². The predicted octanol–water partition coefficient (Wildman–Crippen LogP) is 5.40. The number of aryl methyl sites for hydroxylation is 2. The van der Waals surface area contributed by atoms with E-state index in [1.54, 1.807) is 0 Å². The van der Waals surface area contributed by atoms with Crippen LogP contribution in [0.25, 0.3) is 10.2 Å². The molecule has 0 spiro atoms. The van der Waals surface area contributed by atoms with Crippen LogP contribution in [0.5, 0.6) is 0 Å². The number of nitrogens with one attached hydrogen (secondary N) is 1. The van der Waals surface area contributed by atoms with Gasteiger partial charge >= 0.3 is 0 Å². The van der Waals surface area contributed by atoms with Crippen LogP contribution in [0.15, 0.2) is 70.6 Å². The minimum atomic E-state index is -3.77. The number of hydrogen-bond acceptors (Lipinski definition) is 4. The highest BCUT2D eigenvalue weighted by molar-refractivity contribution is 7.92. The number of hydrogen-bond donors (Lipinski definition) is 1. The second-order valence-electron chi connectivity index (χ2n) is 7.02. The molecule has 0 atom stereocenters. The Balaban J connectivity index is 1.59. The Hall–Kier alpha value is -2.65. The van der Waals surface area contributed by atoms with Gasteiger partial charge in [0, 0.05) is 28.3 Å². The van der Waals surface area contributed by atoms with Crippen molar-refractivity contribution in [2.24, 2.45) is 12.0 Å². The van der Waals surface area contributed by atoms with Gasteiger partial charge in [-0.1, -0.05) is 34.5 Å². The highest BCUT2D eigenvalue weighted by Gasteiger charge is 2.15. The minimum absolute atomic E-state index is 0.0877. The van der Waals surface area contributed by atoms with Crippen molar-refractivity contribution in [2.75, 3.05) is 4.72 Å². The Labute approximate surface area is 198 Å². The van der Waals surface area contributed by atoms with Gasteiger partial charge in [-0.2, -0.15) is 4.99 Å². The summed E-state index contributed by atoms with van der Waals surface area (Å²) < 4.78 is 30.3. The first-order valence-electron chi connectivity index (χ1n) is 9.38. The predicted molar refractivity (Wildman–Crippen MR) is 129 cm³/mol. The summed E-state index contributed by atoms with van der Waals surface area (Å²) in [5, 5.41) is 1.10. The van der Waals surface area contributed by atoms with E-state index in [0.717, 1.165) is 15.8 Å². The first-order valence-corrected chi connectivity index (χ1v) is 12.4. The third kappa shape index (κ3) is 4.45. The summed E-state index contributed by atoms with van der Waals surface area (Å²) in [4.78, 5) is 17.6. The summed E-state index contributed by atoms with van der Waals surface area (Å²) in [6.45, 7) is 1.92. The minimum Gasteiger partial charge on any atom is -0.319 e. The van der Waals surface area contributed by atoms with Crippen molar-refractivity contribution in [1.29, 1.82) is 0 Å². The molecule has 0 aliphatic carbocycles. The first kappa shape index (κ1) is 22.5. The highest BCUT2D eigenvalue weighted by atomic mass is 35.5. The van der Waals surface area contributed by atoms with Crippen molar-refractivity contribution in [1.82, 2.24) is 4.57 Å². The van der Waals surface area contributed by atoms with E-state index in [2.05, 4.69) is 9.71 Å². The van der Waals surface area contributed by atoms with Gasteiger partial charge in [-0.15, -0.1) is 0 Å². The first-order chi connectivity index (χ1) is 15.2. The molecule has 32 heavy (non-hydrogen) atoms. The van der Waals surface area contributed by atoms with E-state index in [9.17, 15) is 13.2 Å². The maximum Gasteiger partial charge on any atom is 0.279 e. The van der Waals surface area contributed by atoms with Crippen LogP contribution in [0.2, 0.25) is 10.0 Å². The zero-order chi connectivity index (χ0) is 23.0. The highest BCUT2D eigenvalue weighted by Crippen LogP contribution is 2.26. The molecule has 0 aliphatic heterocycles. The van der Waals surface area contributed by atoms with Crippen molar-refractivity contribution in [3.63, 3.8) is 0 Å². The Morgan fingerprint density at radius 2 is 1.66 bits per heavy atom. The number of carbonyl (C=O) groups excluding carboxylic acids is 1. The zero-order valence-electron chi connectivity index (χ0n) is 17.0. The average Bonchev–Trinajstić information content (AvgIpc) is 3.07. The van der Waals surface area contributed by atoms with Crippen molar-refractivity contribution in [2.45, 2.75) is 11.8 Å². The number of aromatic nitrogens is 1. The molecule has 164 valence electrons. The molecule has 1 N–H and O–H groups in total. The molecule has 1 amide bonds. The fourth-order valence-electron chi connectivity index (χ4n) is 3.17. The Morgan fingerprint density at radius 3 is 2.31 bits per heavy atom. The molecule has 0 radical (unpaired) electrons. The molecule has 1 heterocycles. The fraction of sp³-hybridized carbons (Fsp3) is 0.0909. The lowest BCUT2D eigenvalue weighted by molar-refractivity contribution is 0.0998.